The number of aromatic amines is 1. The molecular formula is C11H11Br2N3O. The van der Waals surface area contributed by atoms with E-state index in [4.69, 9.17) is 5.73 Å². The van der Waals surface area contributed by atoms with Gasteiger partial charge >= 0.3 is 0 Å². The van der Waals surface area contributed by atoms with Crippen molar-refractivity contribution in [1.82, 2.24) is 9.78 Å². The first kappa shape index (κ1) is 12.4. The van der Waals surface area contributed by atoms with Crippen molar-refractivity contribution in [2.45, 2.75) is 13.5 Å². The van der Waals surface area contributed by atoms with Gasteiger partial charge in [-0.15, -0.1) is 0 Å². The summed E-state index contributed by atoms with van der Waals surface area (Å²) >= 11 is 6.83. The summed E-state index contributed by atoms with van der Waals surface area (Å²) in [5.41, 5.74) is 7.15. The quantitative estimate of drug-likeness (QED) is 0.864. The van der Waals surface area contributed by atoms with Gasteiger partial charge in [0.15, 0.2) is 0 Å². The number of hydrogen-bond acceptors (Lipinski definition) is 2. The maximum Gasteiger partial charge on any atom is 0.271 e. The highest BCUT2D eigenvalue weighted by Crippen LogP contribution is 2.24. The van der Waals surface area contributed by atoms with E-state index in [1.165, 1.54) is 4.68 Å². The van der Waals surface area contributed by atoms with Crippen molar-refractivity contribution in [3.05, 3.63) is 48.6 Å². The molecule has 2 aromatic rings. The summed E-state index contributed by atoms with van der Waals surface area (Å²) in [5, 5.41) is 2.85. The number of nitrogens with two attached hydrogens (primary N) is 1. The molecule has 1 heterocycles. The number of H-pyrrole nitrogens is 1. The molecule has 2 rings (SSSR count). The molecule has 0 radical (unpaired) electrons. The van der Waals surface area contributed by atoms with Crippen LogP contribution in [0.3, 0.4) is 0 Å². The van der Waals surface area contributed by atoms with Gasteiger partial charge in [0.2, 0.25) is 0 Å². The van der Waals surface area contributed by atoms with Gasteiger partial charge in [-0.25, -0.2) is 4.68 Å². The molecule has 3 N–H and O–H groups in total. The summed E-state index contributed by atoms with van der Waals surface area (Å²) in [7, 11) is 0. The molecule has 0 unspecified atom stereocenters. The van der Waals surface area contributed by atoms with E-state index in [2.05, 4.69) is 37.0 Å². The van der Waals surface area contributed by atoms with E-state index in [-0.39, 0.29) is 5.56 Å². The fourth-order valence-electron chi connectivity index (χ4n) is 1.53. The Morgan fingerprint density at radius 1 is 1.35 bits per heavy atom. The van der Waals surface area contributed by atoms with Crippen molar-refractivity contribution in [3.63, 3.8) is 0 Å². The van der Waals surface area contributed by atoms with Gasteiger partial charge in [-0.05, 0) is 56.5 Å². The van der Waals surface area contributed by atoms with Crippen molar-refractivity contribution >= 4 is 37.7 Å². The highest BCUT2D eigenvalue weighted by atomic mass is 79.9. The van der Waals surface area contributed by atoms with Crippen molar-refractivity contribution in [3.8, 4) is 0 Å². The molecule has 0 aliphatic carbocycles. The second kappa shape index (κ2) is 4.70. The first-order valence-corrected chi connectivity index (χ1v) is 6.56. The standard InChI is InChI=1S/C11H11Br2N3O/c1-6-10(14)15-16(11(6)17)5-7-2-3-8(12)9(13)4-7/h2-4,15H,5,14H2,1H3. The van der Waals surface area contributed by atoms with Gasteiger partial charge < -0.3 is 5.73 Å². The number of rotatable bonds is 2. The molecule has 0 spiro atoms. The normalized spacial score (nSPS) is 10.8. The third-order valence-corrected chi connectivity index (χ3v) is 4.43. The smallest absolute Gasteiger partial charge is 0.271 e. The summed E-state index contributed by atoms with van der Waals surface area (Å²) in [4.78, 5) is 11.8. The van der Waals surface area contributed by atoms with Crippen LogP contribution in [0, 0.1) is 6.92 Å². The van der Waals surface area contributed by atoms with Gasteiger partial charge in [0.1, 0.15) is 5.82 Å². The number of aromatic nitrogens is 2. The van der Waals surface area contributed by atoms with Gasteiger partial charge in [-0.1, -0.05) is 6.07 Å². The highest BCUT2D eigenvalue weighted by molar-refractivity contribution is 9.13. The van der Waals surface area contributed by atoms with Crippen LogP contribution in [-0.2, 0) is 6.54 Å². The monoisotopic (exact) mass is 359 g/mol. The van der Waals surface area contributed by atoms with Crippen LogP contribution in [0.5, 0.6) is 0 Å². The number of nitrogens with one attached hydrogen (secondary N) is 1. The zero-order valence-electron chi connectivity index (χ0n) is 9.13. The first-order valence-electron chi connectivity index (χ1n) is 4.98. The molecule has 6 heteroatoms. The third kappa shape index (κ3) is 2.47. The topological polar surface area (TPSA) is 63.8 Å². The molecule has 4 nitrogen and oxygen atoms in total. The number of halogens is 2. The molecule has 0 saturated carbocycles. The minimum absolute atomic E-state index is 0.0819. The average Bonchev–Trinajstić information content (AvgIpc) is 2.52. The summed E-state index contributed by atoms with van der Waals surface area (Å²) in [6.07, 6.45) is 0. The van der Waals surface area contributed by atoms with Crippen LogP contribution in [0.2, 0.25) is 0 Å². The molecule has 17 heavy (non-hydrogen) atoms. The summed E-state index contributed by atoms with van der Waals surface area (Å²) < 4.78 is 3.44. The van der Waals surface area contributed by atoms with E-state index in [1.807, 2.05) is 18.2 Å². The van der Waals surface area contributed by atoms with Gasteiger partial charge in [-0.2, -0.15) is 0 Å². The third-order valence-electron chi connectivity index (χ3n) is 2.55. The molecule has 0 saturated heterocycles. The SMILES string of the molecule is Cc1c(N)[nH]n(Cc2ccc(Br)c(Br)c2)c1=O. The van der Waals surface area contributed by atoms with Crippen LogP contribution in [0.4, 0.5) is 5.82 Å². The Labute approximate surface area is 115 Å². The van der Waals surface area contributed by atoms with Gasteiger partial charge in [0, 0.05) is 8.95 Å². The highest BCUT2D eigenvalue weighted by Gasteiger charge is 2.08. The predicted octanol–water partition coefficient (Wildman–Crippen LogP) is 2.64. The number of hydrogen-bond donors (Lipinski definition) is 2. The average molecular weight is 361 g/mol. The molecule has 0 aliphatic rings. The maximum absolute atomic E-state index is 11.8. The Kier molecular flexibility index (Phi) is 3.44. The molecule has 1 aromatic heterocycles. The maximum atomic E-state index is 11.8. The van der Waals surface area contributed by atoms with Crippen LogP contribution in [0.1, 0.15) is 11.1 Å². The summed E-state index contributed by atoms with van der Waals surface area (Å²) in [5.74, 6) is 0.422. The number of anilines is 1. The summed E-state index contributed by atoms with van der Waals surface area (Å²) in [6.45, 7) is 2.19. The lowest BCUT2D eigenvalue weighted by Gasteiger charge is -2.04. The number of nitrogens with zero attached hydrogens (tertiary/aromatic N) is 1. The fraction of sp³-hybridized carbons (Fsp3) is 0.182. The largest absolute Gasteiger partial charge is 0.384 e. The van der Waals surface area contributed by atoms with E-state index in [9.17, 15) is 4.79 Å². The molecule has 0 aliphatic heterocycles. The Hall–Kier alpha value is -1.01. The van der Waals surface area contributed by atoms with Crippen molar-refractivity contribution < 1.29 is 0 Å². The van der Waals surface area contributed by atoms with Crippen LogP contribution in [-0.4, -0.2) is 9.78 Å². The fourth-order valence-corrected chi connectivity index (χ4v) is 2.20. The number of benzene rings is 1. The second-order valence-electron chi connectivity index (χ2n) is 3.79. The minimum Gasteiger partial charge on any atom is -0.384 e. The molecule has 0 atom stereocenters. The first-order chi connectivity index (χ1) is 7.99. The molecule has 0 fully saturated rings. The Morgan fingerprint density at radius 3 is 2.59 bits per heavy atom. The van der Waals surface area contributed by atoms with E-state index in [1.54, 1.807) is 6.92 Å². The van der Waals surface area contributed by atoms with Gasteiger partial charge in [-0.3, -0.25) is 9.89 Å². The molecule has 90 valence electrons. The Balaban J connectivity index is 2.35. The van der Waals surface area contributed by atoms with E-state index < -0.39 is 0 Å². The van der Waals surface area contributed by atoms with Crippen LogP contribution < -0.4 is 11.3 Å². The lowest BCUT2D eigenvalue weighted by molar-refractivity contribution is 0.665. The van der Waals surface area contributed by atoms with Crippen molar-refractivity contribution in [2.75, 3.05) is 5.73 Å². The minimum atomic E-state index is -0.0819. The predicted molar refractivity (Wildman–Crippen MR) is 75.1 cm³/mol. The molecule has 0 amide bonds. The molecule has 1 aromatic carbocycles. The van der Waals surface area contributed by atoms with E-state index in [0.717, 1.165) is 14.5 Å². The lowest BCUT2D eigenvalue weighted by atomic mass is 10.2. The molecular weight excluding hydrogens is 350 g/mol. The van der Waals surface area contributed by atoms with Crippen LogP contribution >= 0.6 is 31.9 Å². The van der Waals surface area contributed by atoms with Gasteiger partial charge in [0.05, 0.1) is 12.1 Å². The second-order valence-corrected chi connectivity index (χ2v) is 5.50. The van der Waals surface area contributed by atoms with E-state index >= 15 is 0 Å². The number of nitrogen functional groups attached to an aromatic ring is 1. The Bertz CT molecular complexity index is 616. The zero-order valence-corrected chi connectivity index (χ0v) is 12.3. The van der Waals surface area contributed by atoms with Crippen LogP contribution in [0.25, 0.3) is 0 Å². The van der Waals surface area contributed by atoms with Gasteiger partial charge in [0.25, 0.3) is 5.56 Å². The van der Waals surface area contributed by atoms with Crippen molar-refractivity contribution in [1.29, 1.82) is 0 Å². The summed E-state index contributed by atoms with van der Waals surface area (Å²) in [6, 6.07) is 5.85. The molecule has 0 bridgehead atoms. The van der Waals surface area contributed by atoms with Crippen molar-refractivity contribution in [2.24, 2.45) is 0 Å². The zero-order chi connectivity index (χ0) is 12.6. The lowest BCUT2D eigenvalue weighted by Crippen LogP contribution is -2.18. The Morgan fingerprint density at radius 2 is 2.06 bits per heavy atom. The van der Waals surface area contributed by atoms with Crippen LogP contribution in [0.15, 0.2) is 31.9 Å². The van der Waals surface area contributed by atoms with E-state index in [0.29, 0.717) is 17.9 Å².